The van der Waals surface area contributed by atoms with Crippen molar-refractivity contribution in [3.05, 3.63) is 19.6 Å². The third-order valence-corrected chi connectivity index (χ3v) is 0.426. The zero-order chi connectivity index (χ0) is 4.41. The average Bonchev–Trinajstić information content (AvgIpc) is 1.86. The van der Waals surface area contributed by atoms with Crippen LogP contribution in [-0.4, -0.2) is 10.1 Å². The molecule has 1 aromatic heterocycles. The minimum atomic E-state index is 0. The molecule has 0 aromatic carbocycles. The molecule has 8 heavy (non-hydrogen) atoms. The number of nitrogens with zero attached hydrogens (tertiary/aromatic N) is 2. The quantitative estimate of drug-likeness (QED) is 0.559. The summed E-state index contributed by atoms with van der Waals surface area (Å²) in [5.74, 6) is 0.551. The molecule has 0 saturated heterocycles. The van der Waals surface area contributed by atoms with Gasteiger partial charge in [0.1, 0.15) is 0 Å². The molecule has 1 radical (unpaired) electrons. The standard InChI is InChI=1S/C3H3N2O.CH3.Y/c1-3-4-2-5-6-3;;/h1H3;1H3;/q2*-1;. The van der Waals surface area contributed by atoms with E-state index >= 15 is 0 Å². The van der Waals surface area contributed by atoms with Gasteiger partial charge in [-0.3, -0.25) is 0 Å². The van der Waals surface area contributed by atoms with Crippen LogP contribution < -0.4 is 0 Å². The summed E-state index contributed by atoms with van der Waals surface area (Å²) in [7, 11) is 0. The Morgan fingerprint density at radius 1 is 1.62 bits per heavy atom. The van der Waals surface area contributed by atoms with E-state index in [0.29, 0.717) is 5.89 Å². The van der Waals surface area contributed by atoms with Gasteiger partial charge in [-0.15, -0.1) is 0 Å². The summed E-state index contributed by atoms with van der Waals surface area (Å²) in [5, 5.41) is 3.21. The molecule has 0 aliphatic carbocycles. The van der Waals surface area contributed by atoms with Gasteiger partial charge in [-0.25, -0.2) is 0 Å². The zero-order valence-corrected chi connectivity index (χ0v) is 7.72. The first-order chi connectivity index (χ1) is 2.89. The second kappa shape index (κ2) is 5.38. The van der Waals surface area contributed by atoms with Crippen LogP contribution in [0.1, 0.15) is 5.89 Å². The molecule has 1 heterocycles. The van der Waals surface area contributed by atoms with E-state index in [-0.39, 0.29) is 40.1 Å². The van der Waals surface area contributed by atoms with Crippen LogP contribution in [0.4, 0.5) is 0 Å². The first-order valence-electron chi connectivity index (χ1n) is 1.56. The van der Waals surface area contributed by atoms with Gasteiger partial charge in [0.15, 0.2) is 0 Å². The van der Waals surface area contributed by atoms with Crippen LogP contribution in [0.25, 0.3) is 0 Å². The van der Waals surface area contributed by atoms with Crippen LogP contribution in [0.15, 0.2) is 4.52 Å². The Hall–Kier alpha value is 0.244. The second-order valence-corrected chi connectivity index (χ2v) is 0.913. The van der Waals surface area contributed by atoms with Crippen molar-refractivity contribution < 1.29 is 37.2 Å². The normalized spacial score (nSPS) is 6.62. The maximum atomic E-state index is 4.42. The Morgan fingerprint density at radius 3 is 2.38 bits per heavy atom. The van der Waals surface area contributed by atoms with E-state index in [4.69, 9.17) is 0 Å². The fraction of sp³-hybridized carbons (Fsp3) is 0.250. The van der Waals surface area contributed by atoms with Gasteiger partial charge in [-0.2, -0.15) is 5.16 Å². The van der Waals surface area contributed by atoms with Gasteiger partial charge in [-0.1, -0.05) is 6.92 Å². The Labute approximate surface area is 73.7 Å². The molecule has 4 heteroatoms. The van der Waals surface area contributed by atoms with Gasteiger partial charge in [0.05, 0.1) is 5.89 Å². The minimum Gasteiger partial charge on any atom is -0.450 e. The number of hydrogen-bond donors (Lipinski definition) is 0. The summed E-state index contributed by atoms with van der Waals surface area (Å²) < 4.78 is 4.42. The second-order valence-electron chi connectivity index (χ2n) is 0.913. The number of aromatic nitrogens is 2. The number of hydrogen-bond acceptors (Lipinski definition) is 3. The third kappa shape index (κ3) is 3.27. The molecule has 0 bridgehead atoms. The van der Waals surface area contributed by atoms with Crippen LogP contribution >= 0.6 is 0 Å². The molecule has 0 aliphatic rings. The van der Waals surface area contributed by atoms with E-state index in [2.05, 4.69) is 21.0 Å². The molecule has 0 aliphatic heterocycles. The first-order valence-corrected chi connectivity index (χ1v) is 1.56. The number of aryl methyl sites for hydroxylation is 1. The van der Waals surface area contributed by atoms with E-state index in [1.807, 2.05) is 0 Å². The third-order valence-electron chi connectivity index (χ3n) is 0.426. The predicted octanol–water partition coefficient (Wildman–Crippen LogP) is 0.626. The maximum Gasteiger partial charge on any atom is 0.0645 e. The molecular weight excluding hydrogens is 181 g/mol. The van der Waals surface area contributed by atoms with Crippen LogP contribution in [0.3, 0.4) is 0 Å². The molecule has 0 amide bonds. The molecule has 0 N–H and O–H groups in total. The van der Waals surface area contributed by atoms with Crippen molar-refractivity contribution in [2.24, 2.45) is 0 Å². The van der Waals surface area contributed by atoms with Crippen LogP contribution in [0, 0.1) is 20.7 Å². The van der Waals surface area contributed by atoms with Gasteiger partial charge in [-0.05, 0) is 6.33 Å². The van der Waals surface area contributed by atoms with Crippen molar-refractivity contribution in [1.82, 2.24) is 10.1 Å². The monoisotopic (exact) mass is 187 g/mol. The summed E-state index contributed by atoms with van der Waals surface area (Å²) in [4.78, 5) is 3.51. The molecule has 0 unspecified atom stereocenters. The topological polar surface area (TPSA) is 38.9 Å². The van der Waals surface area contributed by atoms with Gasteiger partial charge in [0, 0.05) is 32.7 Å². The predicted molar refractivity (Wildman–Crippen MR) is 24.3 cm³/mol. The first kappa shape index (κ1) is 11.1. The van der Waals surface area contributed by atoms with Gasteiger partial charge in [0.25, 0.3) is 0 Å². The summed E-state index contributed by atoms with van der Waals surface area (Å²) in [6, 6.07) is 0. The van der Waals surface area contributed by atoms with Crippen LogP contribution in [0.2, 0.25) is 0 Å². The van der Waals surface area contributed by atoms with Crippen molar-refractivity contribution in [3.8, 4) is 0 Å². The van der Waals surface area contributed by atoms with E-state index < -0.39 is 0 Å². The summed E-state index contributed by atoms with van der Waals surface area (Å²) in [6.45, 7) is 1.71. The van der Waals surface area contributed by atoms with Crippen molar-refractivity contribution in [1.29, 1.82) is 0 Å². The molecular formula is C4H6N2OY-2. The van der Waals surface area contributed by atoms with Gasteiger partial charge < -0.3 is 16.9 Å². The van der Waals surface area contributed by atoms with Crippen molar-refractivity contribution in [2.45, 2.75) is 6.92 Å². The molecule has 0 fully saturated rings. The Kier molecular flexibility index (Phi) is 7.46. The zero-order valence-electron chi connectivity index (χ0n) is 4.88. The molecule has 1 aromatic rings. The van der Waals surface area contributed by atoms with E-state index in [1.165, 1.54) is 0 Å². The molecule has 0 atom stereocenters. The Balaban J connectivity index is 0. The van der Waals surface area contributed by atoms with Crippen molar-refractivity contribution in [3.63, 3.8) is 0 Å². The van der Waals surface area contributed by atoms with E-state index in [1.54, 1.807) is 6.92 Å². The smallest absolute Gasteiger partial charge is 0.0645 e. The average molecular weight is 187 g/mol. The molecule has 0 saturated carbocycles. The van der Waals surface area contributed by atoms with E-state index in [9.17, 15) is 0 Å². The van der Waals surface area contributed by atoms with Crippen LogP contribution in [-0.2, 0) is 32.7 Å². The summed E-state index contributed by atoms with van der Waals surface area (Å²) in [6.07, 6.45) is 2.26. The largest absolute Gasteiger partial charge is 0.450 e. The van der Waals surface area contributed by atoms with Crippen molar-refractivity contribution in [2.75, 3.05) is 0 Å². The van der Waals surface area contributed by atoms with Gasteiger partial charge in [0.2, 0.25) is 0 Å². The van der Waals surface area contributed by atoms with E-state index in [0.717, 1.165) is 0 Å². The van der Waals surface area contributed by atoms with Gasteiger partial charge >= 0.3 is 0 Å². The molecule has 43 valence electrons. The summed E-state index contributed by atoms with van der Waals surface area (Å²) in [5.41, 5.74) is 0. The van der Waals surface area contributed by atoms with Crippen molar-refractivity contribution >= 4 is 0 Å². The molecule has 1 rings (SSSR count). The number of rotatable bonds is 0. The summed E-state index contributed by atoms with van der Waals surface area (Å²) >= 11 is 0. The Morgan fingerprint density at radius 2 is 2.25 bits per heavy atom. The SMILES string of the molecule is Cc1n[c-]no1.[CH3-].[Y]. The fourth-order valence-electron chi connectivity index (χ4n) is 0.198. The minimum absolute atomic E-state index is 0. The molecule has 3 nitrogen and oxygen atoms in total. The maximum absolute atomic E-state index is 4.42. The molecule has 0 spiro atoms. The van der Waals surface area contributed by atoms with Crippen LogP contribution in [0.5, 0.6) is 0 Å². The fourth-order valence-corrected chi connectivity index (χ4v) is 0.198. The Bertz CT molecular complexity index is 118.